The molecule has 0 unspecified atom stereocenters. The number of fused-ring (bicyclic) bond motifs is 1. The largest absolute Gasteiger partial charge is 0.505 e. The first kappa shape index (κ1) is 9.76. The molecule has 0 aliphatic carbocycles. The molecule has 0 fully saturated rings. The number of phenols is 1. The van der Waals surface area contributed by atoms with E-state index >= 15 is 0 Å². The molecule has 0 atom stereocenters. The molecule has 2 N–H and O–H groups in total. The number of halogens is 1. The Balaban J connectivity index is 2.42. The molecule has 0 saturated heterocycles. The van der Waals surface area contributed by atoms with Crippen molar-refractivity contribution in [1.29, 1.82) is 0 Å². The minimum atomic E-state index is -0.774. The predicted octanol–water partition coefficient (Wildman–Crippen LogP) is 2.49. The molecule has 0 radical (unpaired) electrons. The maximum atomic E-state index is 13.3. The van der Waals surface area contributed by atoms with Crippen LogP contribution in [0.5, 0.6) is 5.75 Å². The van der Waals surface area contributed by atoms with Gasteiger partial charge in [0.05, 0.1) is 0 Å². The number of nitrogens with zero attached hydrogens (tertiary/aromatic N) is 1. The standard InChI is InChI=1S/C10H11FN2O2/c1-2-5-12-10-13-6-3-4-7(14)8(11)9(6)15-10/h3-4,14H,2,5H2,1H3,(H,12,13). The number of aromatic nitrogens is 1. The summed E-state index contributed by atoms with van der Waals surface area (Å²) in [4.78, 5) is 4.02. The van der Waals surface area contributed by atoms with E-state index in [0.717, 1.165) is 6.42 Å². The Kier molecular flexibility index (Phi) is 2.45. The van der Waals surface area contributed by atoms with Gasteiger partial charge in [0.2, 0.25) is 5.82 Å². The van der Waals surface area contributed by atoms with Gasteiger partial charge in [-0.15, -0.1) is 0 Å². The Hall–Kier alpha value is -1.78. The summed E-state index contributed by atoms with van der Waals surface area (Å²) < 4.78 is 18.4. The van der Waals surface area contributed by atoms with Crippen LogP contribution in [0.1, 0.15) is 13.3 Å². The third-order valence-electron chi connectivity index (χ3n) is 2.00. The molecule has 15 heavy (non-hydrogen) atoms. The number of aromatic hydroxyl groups is 1. The van der Waals surface area contributed by atoms with Gasteiger partial charge >= 0.3 is 0 Å². The van der Waals surface area contributed by atoms with Gasteiger partial charge in [0, 0.05) is 6.54 Å². The highest BCUT2D eigenvalue weighted by Gasteiger charge is 2.12. The molecule has 0 amide bonds. The summed E-state index contributed by atoms with van der Waals surface area (Å²) in [6.45, 7) is 2.71. The molecule has 0 bridgehead atoms. The van der Waals surface area contributed by atoms with Crippen molar-refractivity contribution in [3.63, 3.8) is 0 Å². The van der Waals surface area contributed by atoms with Crippen LogP contribution in [0, 0.1) is 5.82 Å². The zero-order chi connectivity index (χ0) is 10.8. The molecule has 0 spiro atoms. The third kappa shape index (κ3) is 1.72. The van der Waals surface area contributed by atoms with Crippen LogP contribution in [0.2, 0.25) is 0 Å². The van der Waals surface area contributed by atoms with Crippen molar-refractivity contribution in [2.24, 2.45) is 0 Å². The van der Waals surface area contributed by atoms with Gasteiger partial charge in [-0.3, -0.25) is 0 Å². The molecule has 0 aliphatic rings. The summed E-state index contributed by atoms with van der Waals surface area (Å²) in [6, 6.07) is 3.04. The SMILES string of the molecule is CCCNc1nc2ccc(O)c(F)c2o1. The minimum absolute atomic E-state index is 0.0198. The van der Waals surface area contributed by atoms with E-state index in [1.807, 2.05) is 6.92 Å². The summed E-state index contributed by atoms with van der Waals surface area (Å²) in [5.41, 5.74) is 0.373. The van der Waals surface area contributed by atoms with Gasteiger partial charge in [-0.1, -0.05) is 6.92 Å². The van der Waals surface area contributed by atoms with E-state index in [9.17, 15) is 4.39 Å². The van der Waals surface area contributed by atoms with Crippen LogP contribution in [-0.4, -0.2) is 16.6 Å². The minimum Gasteiger partial charge on any atom is -0.505 e. The molecular formula is C10H11FN2O2. The van der Waals surface area contributed by atoms with Gasteiger partial charge < -0.3 is 14.8 Å². The highest BCUT2D eigenvalue weighted by molar-refractivity contribution is 5.76. The van der Waals surface area contributed by atoms with Crippen molar-refractivity contribution in [3.05, 3.63) is 17.9 Å². The van der Waals surface area contributed by atoms with Crippen molar-refractivity contribution < 1.29 is 13.9 Å². The van der Waals surface area contributed by atoms with Gasteiger partial charge in [-0.25, -0.2) is 0 Å². The molecule has 2 rings (SSSR count). The first-order valence-corrected chi connectivity index (χ1v) is 4.74. The first-order valence-electron chi connectivity index (χ1n) is 4.74. The van der Waals surface area contributed by atoms with Crippen molar-refractivity contribution in [2.75, 3.05) is 11.9 Å². The zero-order valence-electron chi connectivity index (χ0n) is 8.25. The smallest absolute Gasteiger partial charge is 0.295 e. The number of hydrogen-bond donors (Lipinski definition) is 2. The second kappa shape index (κ2) is 3.76. The Morgan fingerprint density at radius 2 is 2.33 bits per heavy atom. The van der Waals surface area contributed by atoms with E-state index < -0.39 is 11.6 Å². The number of rotatable bonds is 3. The van der Waals surface area contributed by atoms with Crippen LogP contribution in [0.25, 0.3) is 11.1 Å². The van der Waals surface area contributed by atoms with Gasteiger partial charge in [0.15, 0.2) is 11.3 Å². The molecule has 4 nitrogen and oxygen atoms in total. The van der Waals surface area contributed by atoms with E-state index in [0.29, 0.717) is 12.1 Å². The summed E-state index contributed by atoms with van der Waals surface area (Å²) in [6.07, 6.45) is 0.923. The number of phenolic OH excluding ortho intramolecular Hbond substituents is 1. The lowest BCUT2D eigenvalue weighted by Gasteiger charge is -1.95. The predicted molar refractivity (Wildman–Crippen MR) is 54.4 cm³/mol. The normalized spacial score (nSPS) is 10.8. The quantitative estimate of drug-likeness (QED) is 0.817. The molecule has 1 heterocycles. The number of oxazole rings is 1. The monoisotopic (exact) mass is 210 g/mol. The number of hydrogen-bond acceptors (Lipinski definition) is 4. The van der Waals surface area contributed by atoms with Gasteiger partial charge in [-0.05, 0) is 18.6 Å². The molecule has 2 aromatic rings. The molecule has 1 aromatic heterocycles. The van der Waals surface area contributed by atoms with Crippen LogP contribution in [0.4, 0.5) is 10.4 Å². The maximum Gasteiger partial charge on any atom is 0.295 e. The van der Waals surface area contributed by atoms with Crippen molar-refractivity contribution in [1.82, 2.24) is 4.98 Å². The second-order valence-electron chi connectivity index (χ2n) is 3.19. The Morgan fingerprint density at radius 1 is 1.53 bits per heavy atom. The zero-order valence-corrected chi connectivity index (χ0v) is 8.25. The lowest BCUT2D eigenvalue weighted by Crippen LogP contribution is -1.98. The molecule has 1 aromatic carbocycles. The lowest BCUT2D eigenvalue weighted by molar-refractivity contribution is 0.429. The Morgan fingerprint density at radius 3 is 3.07 bits per heavy atom. The van der Waals surface area contributed by atoms with E-state index in [1.165, 1.54) is 12.1 Å². The van der Waals surface area contributed by atoms with Gasteiger partial charge in [0.1, 0.15) is 5.52 Å². The van der Waals surface area contributed by atoms with E-state index in [-0.39, 0.29) is 11.6 Å². The summed E-state index contributed by atoms with van der Waals surface area (Å²) >= 11 is 0. The van der Waals surface area contributed by atoms with Crippen LogP contribution in [0.15, 0.2) is 16.5 Å². The first-order chi connectivity index (χ1) is 7.22. The fraction of sp³-hybridized carbons (Fsp3) is 0.300. The number of nitrogens with one attached hydrogen (secondary N) is 1. The van der Waals surface area contributed by atoms with Gasteiger partial charge in [0.25, 0.3) is 6.01 Å². The average Bonchev–Trinajstić information content (AvgIpc) is 2.64. The summed E-state index contributed by atoms with van der Waals surface area (Å²) in [5, 5.41) is 12.0. The molecule has 0 saturated carbocycles. The molecule has 0 aliphatic heterocycles. The fourth-order valence-corrected chi connectivity index (χ4v) is 1.26. The van der Waals surface area contributed by atoms with Crippen molar-refractivity contribution in [2.45, 2.75) is 13.3 Å². The van der Waals surface area contributed by atoms with Crippen LogP contribution >= 0.6 is 0 Å². The molecule has 80 valence electrons. The Labute approximate surface area is 85.7 Å². The van der Waals surface area contributed by atoms with Crippen LogP contribution in [0.3, 0.4) is 0 Å². The lowest BCUT2D eigenvalue weighted by atomic mass is 10.3. The number of benzene rings is 1. The van der Waals surface area contributed by atoms with Crippen molar-refractivity contribution in [3.8, 4) is 5.75 Å². The van der Waals surface area contributed by atoms with E-state index in [1.54, 1.807) is 0 Å². The van der Waals surface area contributed by atoms with E-state index in [2.05, 4.69) is 10.3 Å². The maximum absolute atomic E-state index is 13.3. The van der Waals surface area contributed by atoms with Crippen molar-refractivity contribution >= 4 is 17.1 Å². The van der Waals surface area contributed by atoms with E-state index in [4.69, 9.17) is 9.52 Å². The summed E-state index contributed by atoms with van der Waals surface area (Å²) in [7, 11) is 0. The average molecular weight is 210 g/mol. The Bertz CT molecular complexity index is 481. The fourth-order valence-electron chi connectivity index (χ4n) is 1.26. The highest BCUT2D eigenvalue weighted by atomic mass is 19.1. The highest BCUT2D eigenvalue weighted by Crippen LogP contribution is 2.27. The summed E-state index contributed by atoms with van der Waals surface area (Å²) in [5.74, 6) is -1.20. The molecule has 5 heteroatoms. The number of anilines is 1. The van der Waals surface area contributed by atoms with Crippen LogP contribution in [-0.2, 0) is 0 Å². The second-order valence-corrected chi connectivity index (χ2v) is 3.19. The topological polar surface area (TPSA) is 58.3 Å². The van der Waals surface area contributed by atoms with Gasteiger partial charge in [-0.2, -0.15) is 9.37 Å². The third-order valence-corrected chi connectivity index (χ3v) is 2.00. The molecular weight excluding hydrogens is 199 g/mol. The van der Waals surface area contributed by atoms with Crippen LogP contribution < -0.4 is 5.32 Å².